The van der Waals surface area contributed by atoms with Crippen LogP contribution < -0.4 is 0 Å². The van der Waals surface area contributed by atoms with E-state index in [1.807, 2.05) is 85.2 Å². The van der Waals surface area contributed by atoms with E-state index in [0.29, 0.717) is 0 Å². The van der Waals surface area contributed by atoms with Crippen molar-refractivity contribution >= 4 is 22.8 Å². The number of aromatic nitrogens is 1. The topological polar surface area (TPSA) is 28.1 Å². The molecule has 0 unspecified atom stereocenters. The number of rotatable bonds is 2. The van der Waals surface area contributed by atoms with Gasteiger partial charge in [-0.2, -0.15) is 0 Å². The Balaban J connectivity index is 0.000000149. The average Bonchev–Trinajstić information content (AvgIpc) is 3.11. The van der Waals surface area contributed by atoms with Gasteiger partial charge in [-0.15, -0.1) is 0 Å². The molecular weight excluding hydrogens is 280 g/mol. The Morgan fingerprint density at radius 2 is 1.30 bits per heavy atom. The van der Waals surface area contributed by atoms with Crippen LogP contribution in [0.3, 0.4) is 0 Å². The smallest absolute Gasteiger partial charge is 0.0629 e. The molecule has 1 N–H and O–H groups in total. The maximum atomic E-state index is 4.35. The van der Waals surface area contributed by atoms with Crippen LogP contribution in [0.5, 0.6) is 0 Å². The monoisotopic (exact) mass is 298 g/mol. The Kier molecular flexibility index (Phi) is 4.99. The third-order valence-corrected chi connectivity index (χ3v) is 3.38. The number of aliphatic imine (C=N–C) groups is 1. The van der Waals surface area contributed by atoms with E-state index in [1.165, 1.54) is 10.9 Å². The van der Waals surface area contributed by atoms with E-state index in [0.717, 1.165) is 11.3 Å². The first kappa shape index (κ1) is 14.8. The molecule has 1 aromatic heterocycles. The van der Waals surface area contributed by atoms with E-state index < -0.39 is 0 Å². The van der Waals surface area contributed by atoms with Crippen molar-refractivity contribution in [2.75, 3.05) is 0 Å². The molecule has 0 aliphatic heterocycles. The van der Waals surface area contributed by atoms with Gasteiger partial charge < -0.3 is 4.98 Å². The lowest BCUT2D eigenvalue weighted by atomic mass is 10.2. The maximum Gasteiger partial charge on any atom is 0.0629 e. The van der Waals surface area contributed by atoms with Crippen LogP contribution in [-0.4, -0.2) is 11.2 Å². The van der Waals surface area contributed by atoms with Crippen molar-refractivity contribution in [1.82, 2.24) is 4.98 Å². The molecule has 0 saturated heterocycles. The van der Waals surface area contributed by atoms with Crippen molar-refractivity contribution in [2.24, 2.45) is 4.99 Å². The summed E-state index contributed by atoms with van der Waals surface area (Å²) in [4.78, 5) is 7.47. The lowest BCUT2D eigenvalue weighted by molar-refractivity contribution is 1.48. The highest BCUT2D eigenvalue weighted by Crippen LogP contribution is 2.10. The summed E-state index contributed by atoms with van der Waals surface area (Å²) in [5.41, 5.74) is 3.31. The van der Waals surface area contributed by atoms with Gasteiger partial charge in [-0.05, 0) is 35.2 Å². The summed E-state index contributed by atoms with van der Waals surface area (Å²) >= 11 is 0. The van der Waals surface area contributed by atoms with Crippen LogP contribution in [-0.2, 0) is 0 Å². The Morgan fingerprint density at radius 3 is 2.04 bits per heavy atom. The van der Waals surface area contributed by atoms with Crippen molar-refractivity contribution in [3.05, 3.63) is 103 Å². The molecule has 0 spiro atoms. The number of hydrogen-bond donors (Lipinski definition) is 1. The average molecular weight is 298 g/mol. The van der Waals surface area contributed by atoms with Crippen LogP contribution in [0.15, 0.2) is 102 Å². The van der Waals surface area contributed by atoms with Gasteiger partial charge in [0.05, 0.1) is 5.69 Å². The van der Waals surface area contributed by atoms with Gasteiger partial charge in [-0.1, -0.05) is 66.7 Å². The fourth-order valence-electron chi connectivity index (χ4n) is 2.20. The molecule has 1 heterocycles. The van der Waals surface area contributed by atoms with E-state index >= 15 is 0 Å². The predicted molar refractivity (Wildman–Crippen MR) is 98.4 cm³/mol. The SMILES string of the molecule is C(=N\c1ccccc1)/c1ccccc1.c1ccc2[nH]ccc2c1. The Bertz CT molecular complexity index is 790. The van der Waals surface area contributed by atoms with Gasteiger partial charge in [0.25, 0.3) is 0 Å². The fourth-order valence-corrected chi connectivity index (χ4v) is 2.20. The maximum absolute atomic E-state index is 4.35. The molecule has 2 heteroatoms. The molecule has 0 bridgehead atoms. The molecule has 23 heavy (non-hydrogen) atoms. The molecule has 0 atom stereocenters. The molecule has 0 aliphatic carbocycles. The highest BCUT2D eigenvalue weighted by Gasteiger charge is 1.87. The van der Waals surface area contributed by atoms with Crippen LogP contribution in [0.4, 0.5) is 5.69 Å². The molecule has 0 radical (unpaired) electrons. The quantitative estimate of drug-likeness (QED) is 0.466. The van der Waals surface area contributed by atoms with Crippen molar-refractivity contribution in [3.63, 3.8) is 0 Å². The largest absolute Gasteiger partial charge is 0.361 e. The van der Waals surface area contributed by atoms with Crippen molar-refractivity contribution in [1.29, 1.82) is 0 Å². The van der Waals surface area contributed by atoms with Gasteiger partial charge in [-0.3, -0.25) is 4.99 Å². The number of H-pyrrole nitrogens is 1. The van der Waals surface area contributed by atoms with Crippen LogP contribution in [0, 0.1) is 0 Å². The summed E-state index contributed by atoms with van der Waals surface area (Å²) < 4.78 is 0. The van der Waals surface area contributed by atoms with E-state index in [4.69, 9.17) is 0 Å². The first-order valence-corrected chi connectivity index (χ1v) is 7.58. The molecule has 0 saturated carbocycles. The van der Waals surface area contributed by atoms with Gasteiger partial charge in [0.15, 0.2) is 0 Å². The number of aromatic amines is 1. The first-order valence-electron chi connectivity index (χ1n) is 7.58. The van der Waals surface area contributed by atoms with Crippen molar-refractivity contribution in [3.8, 4) is 0 Å². The first-order chi connectivity index (χ1) is 11.4. The Morgan fingerprint density at radius 1 is 0.652 bits per heavy atom. The van der Waals surface area contributed by atoms with E-state index in [2.05, 4.69) is 28.2 Å². The number of benzene rings is 3. The third-order valence-electron chi connectivity index (χ3n) is 3.38. The predicted octanol–water partition coefficient (Wildman–Crippen LogP) is 5.61. The number of nitrogens with one attached hydrogen (secondary N) is 1. The second-order valence-corrected chi connectivity index (χ2v) is 5.07. The zero-order chi connectivity index (χ0) is 15.7. The van der Waals surface area contributed by atoms with Gasteiger partial charge in [0, 0.05) is 17.9 Å². The second kappa shape index (κ2) is 7.76. The molecule has 4 rings (SSSR count). The minimum absolute atomic E-state index is 0.983. The summed E-state index contributed by atoms with van der Waals surface area (Å²) in [5, 5.41) is 1.28. The van der Waals surface area contributed by atoms with Crippen LogP contribution in [0.1, 0.15) is 5.56 Å². The molecule has 3 aromatic carbocycles. The highest BCUT2D eigenvalue weighted by atomic mass is 14.7. The Hall–Kier alpha value is -3.13. The van der Waals surface area contributed by atoms with Crippen LogP contribution >= 0.6 is 0 Å². The molecule has 0 amide bonds. The molecule has 112 valence electrons. The second-order valence-electron chi connectivity index (χ2n) is 5.07. The third kappa shape index (κ3) is 4.42. The zero-order valence-corrected chi connectivity index (χ0v) is 12.8. The molecular formula is C21H18N2. The fraction of sp³-hybridized carbons (Fsp3) is 0. The van der Waals surface area contributed by atoms with Gasteiger partial charge in [0.2, 0.25) is 0 Å². The summed E-state index contributed by atoms with van der Waals surface area (Å²) in [6.07, 6.45) is 3.82. The number of fused-ring (bicyclic) bond motifs is 1. The molecule has 0 aliphatic rings. The summed E-state index contributed by atoms with van der Waals surface area (Å²) in [6, 6.07) is 30.3. The van der Waals surface area contributed by atoms with Gasteiger partial charge in [-0.25, -0.2) is 0 Å². The molecule has 2 nitrogen and oxygen atoms in total. The summed E-state index contributed by atoms with van der Waals surface area (Å²) in [7, 11) is 0. The minimum Gasteiger partial charge on any atom is -0.361 e. The Labute approximate surface area is 136 Å². The standard InChI is InChI=1S/C13H11N.C8H7N/c1-3-7-12(8-4-1)11-14-13-9-5-2-6-10-13;1-2-4-8-7(3-1)5-6-9-8/h1-11H;1-6,9H/b14-11+;. The van der Waals surface area contributed by atoms with E-state index in [1.54, 1.807) is 0 Å². The lowest BCUT2D eigenvalue weighted by Crippen LogP contribution is -1.77. The zero-order valence-electron chi connectivity index (χ0n) is 12.8. The van der Waals surface area contributed by atoms with E-state index in [9.17, 15) is 0 Å². The minimum atomic E-state index is 0.983. The highest BCUT2D eigenvalue weighted by molar-refractivity contribution is 5.81. The lowest BCUT2D eigenvalue weighted by Gasteiger charge is -1.92. The molecule has 0 fully saturated rings. The van der Waals surface area contributed by atoms with Crippen LogP contribution in [0.25, 0.3) is 10.9 Å². The number of nitrogens with zero attached hydrogens (tertiary/aromatic N) is 1. The van der Waals surface area contributed by atoms with Crippen molar-refractivity contribution < 1.29 is 0 Å². The number of para-hydroxylation sites is 2. The van der Waals surface area contributed by atoms with Crippen molar-refractivity contribution in [2.45, 2.75) is 0 Å². The normalized spacial score (nSPS) is 10.4. The molecule has 4 aromatic rings. The summed E-state index contributed by atoms with van der Waals surface area (Å²) in [6.45, 7) is 0. The van der Waals surface area contributed by atoms with Crippen LogP contribution in [0.2, 0.25) is 0 Å². The van der Waals surface area contributed by atoms with Gasteiger partial charge in [0.1, 0.15) is 0 Å². The number of hydrogen-bond acceptors (Lipinski definition) is 1. The van der Waals surface area contributed by atoms with Gasteiger partial charge >= 0.3 is 0 Å². The summed E-state index contributed by atoms with van der Waals surface area (Å²) in [5.74, 6) is 0. The van der Waals surface area contributed by atoms with E-state index in [-0.39, 0.29) is 0 Å².